The molecule has 0 aliphatic carbocycles. The smallest absolute Gasteiger partial charge is 0.410 e. The topological polar surface area (TPSA) is 76.1 Å². The van der Waals surface area contributed by atoms with Crippen molar-refractivity contribution < 1.29 is 24.2 Å². The maximum Gasteiger partial charge on any atom is 0.410 e. The van der Waals surface area contributed by atoms with Gasteiger partial charge in [0.2, 0.25) is 0 Å². The first-order valence-corrected chi connectivity index (χ1v) is 7.54. The van der Waals surface area contributed by atoms with E-state index in [0.717, 1.165) is 16.2 Å². The fourth-order valence-electron chi connectivity index (χ4n) is 1.96. The van der Waals surface area contributed by atoms with Gasteiger partial charge in [0.25, 0.3) is 0 Å². The van der Waals surface area contributed by atoms with Crippen molar-refractivity contribution in [3.05, 3.63) is 29.8 Å². The van der Waals surface area contributed by atoms with Gasteiger partial charge in [-0.2, -0.15) is 0 Å². The lowest BCUT2D eigenvalue weighted by Gasteiger charge is -2.28. The van der Waals surface area contributed by atoms with Gasteiger partial charge in [-0.05, 0) is 45.4 Å². The molecule has 1 aromatic rings. The first-order valence-electron chi connectivity index (χ1n) is 7.54. The SMILES string of the molecule is CCOc1ccc(C[C@@H](C(=O)O)N(C)C(=O)OC(C)(C)C)cc1. The molecule has 128 valence electrons. The molecule has 0 radical (unpaired) electrons. The number of ether oxygens (including phenoxy) is 2. The Balaban J connectivity index is 2.82. The minimum atomic E-state index is -1.08. The van der Waals surface area contributed by atoms with Crippen molar-refractivity contribution in [2.45, 2.75) is 45.8 Å². The molecule has 0 saturated carbocycles. The minimum Gasteiger partial charge on any atom is -0.494 e. The van der Waals surface area contributed by atoms with Gasteiger partial charge in [-0.3, -0.25) is 4.90 Å². The van der Waals surface area contributed by atoms with E-state index in [1.807, 2.05) is 6.92 Å². The average Bonchev–Trinajstić information content (AvgIpc) is 2.44. The fourth-order valence-corrected chi connectivity index (χ4v) is 1.96. The highest BCUT2D eigenvalue weighted by atomic mass is 16.6. The summed E-state index contributed by atoms with van der Waals surface area (Å²) in [7, 11) is 1.43. The Bertz CT molecular complexity index is 533. The zero-order chi connectivity index (χ0) is 17.6. The quantitative estimate of drug-likeness (QED) is 0.871. The van der Waals surface area contributed by atoms with Crippen LogP contribution in [0, 0.1) is 0 Å². The van der Waals surface area contributed by atoms with Gasteiger partial charge < -0.3 is 14.6 Å². The molecule has 1 atom stereocenters. The normalized spacial score (nSPS) is 12.4. The Labute approximate surface area is 137 Å². The lowest BCUT2D eigenvalue weighted by molar-refractivity contribution is -0.142. The Hall–Kier alpha value is -2.24. The van der Waals surface area contributed by atoms with Crippen LogP contribution in [0.4, 0.5) is 4.79 Å². The first-order chi connectivity index (χ1) is 10.6. The Morgan fingerprint density at radius 2 is 1.78 bits per heavy atom. The van der Waals surface area contributed by atoms with E-state index in [1.54, 1.807) is 45.0 Å². The molecule has 0 aliphatic rings. The molecule has 0 unspecified atom stereocenters. The summed E-state index contributed by atoms with van der Waals surface area (Å²) in [5.74, 6) is -0.351. The molecule has 1 rings (SSSR count). The average molecular weight is 323 g/mol. The molecule has 0 spiro atoms. The number of carbonyl (C=O) groups is 2. The molecule has 0 aliphatic heterocycles. The predicted molar refractivity (Wildman–Crippen MR) is 86.7 cm³/mol. The van der Waals surface area contributed by atoms with Crippen molar-refractivity contribution in [3.8, 4) is 5.75 Å². The van der Waals surface area contributed by atoms with Gasteiger partial charge in [-0.25, -0.2) is 9.59 Å². The van der Waals surface area contributed by atoms with Crippen molar-refractivity contribution in [2.75, 3.05) is 13.7 Å². The third-order valence-electron chi connectivity index (χ3n) is 3.10. The van der Waals surface area contributed by atoms with E-state index in [4.69, 9.17) is 9.47 Å². The van der Waals surface area contributed by atoms with Crippen LogP contribution in [0.1, 0.15) is 33.3 Å². The van der Waals surface area contributed by atoms with E-state index in [1.165, 1.54) is 7.05 Å². The van der Waals surface area contributed by atoms with E-state index in [2.05, 4.69) is 0 Å². The maximum atomic E-state index is 12.1. The third-order valence-corrected chi connectivity index (χ3v) is 3.10. The molecule has 6 nitrogen and oxygen atoms in total. The highest BCUT2D eigenvalue weighted by Crippen LogP contribution is 2.17. The number of hydrogen-bond donors (Lipinski definition) is 1. The van der Waals surface area contributed by atoms with Gasteiger partial charge >= 0.3 is 12.1 Å². The molecule has 6 heteroatoms. The van der Waals surface area contributed by atoms with Gasteiger partial charge in [0, 0.05) is 13.5 Å². The van der Waals surface area contributed by atoms with Crippen molar-refractivity contribution >= 4 is 12.1 Å². The molecule has 1 amide bonds. The lowest BCUT2D eigenvalue weighted by atomic mass is 10.1. The van der Waals surface area contributed by atoms with Crippen LogP contribution in [0.15, 0.2) is 24.3 Å². The first kappa shape index (κ1) is 18.8. The van der Waals surface area contributed by atoms with E-state index < -0.39 is 23.7 Å². The van der Waals surface area contributed by atoms with Gasteiger partial charge in [0.1, 0.15) is 17.4 Å². The van der Waals surface area contributed by atoms with Crippen LogP contribution < -0.4 is 4.74 Å². The van der Waals surface area contributed by atoms with Crippen molar-refractivity contribution in [1.82, 2.24) is 4.90 Å². The monoisotopic (exact) mass is 323 g/mol. The highest BCUT2D eigenvalue weighted by molar-refractivity contribution is 5.80. The van der Waals surface area contributed by atoms with Crippen LogP contribution >= 0.6 is 0 Å². The van der Waals surface area contributed by atoms with Crippen LogP contribution in [-0.2, 0) is 16.0 Å². The Morgan fingerprint density at radius 1 is 1.22 bits per heavy atom. The third kappa shape index (κ3) is 6.18. The number of amides is 1. The second kappa shape index (κ2) is 7.85. The number of carbonyl (C=O) groups excluding carboxylic acids is 1. The molecule has 0 bridgehead atoms. The van der Waals surface area contributed by atoms with E-state index in [9.17, 15) is 14.7 Å². The van der Waals surface area contributed by atoms with Gasteiger partial charge in [-0.1, -0.05) is 12.1 Å². The number of carboxylic acids is 1. The van der Waals surface area contributed by atoms with Crippen LogP contribution in [0.5, 0.6) is 5.75 Å². The molecule has 0 aromatic heterocycles. The summed E-state index contributed by atoms with van der Waals surface area (Å²) in [4.78, 5) is 24.7. The van der Waals surface area contributed by atoms with Crippen molar-refractivity contribution in [1.29, 1.82) is 0 Å². The zero-order valence-electron chi connectivity index (χ0n) is 14.3. The van der Waals surface area contributed by atoms with Gasteiger partial charge in [0.05, 0.1) is 6.61 Å². The largest absolute Gasteiger partial charge is 0.494 e. The standard InChI is InChI=1S/C17H25NO5/c1-6-22-13-9-7-12(8-10-13)11-14(15(19)20)18(5)16(21)23-17(2,3)4/h7-10,14H,6,11H2,1-5H3,(H,19,20)/t14-/m0/s1. The van der Waals surface area contributed by atoms with E-state index >= 15 is 0 Å². The zero-order valence-corrected chi connectivity index (χ0v) is 14.3. The molecule has 1 N–H and O–H groups in total. The number of rotatable bonds is 6. The summed E-state index contributed by atoms with van der Waals surface area (Å²) >= 11 is 0. The van der Waals surface area contributed by atoms with Gasteiger partial charge in [0.15, 0.2) is 0 Å². The number of carboxylic acid groups (broad SMARTS) is 1. The maximum absolute atomic E-state index is 12.1. The number of benzene rings is 1. The Kier molecular flexibility index (Phi) is 6.42. The molecule has 1 aromatic carbocycles. The molecule has 0 heterocycles. The fraction of sp³-hybridized carbons (Fsp3) is 0.529. The molecule has 0 fully saturated rings. The summed E-state index contributed by atoms with van der Waals surface area (Å²) < 4.78 is 10.6. The molecular formula is C17H25NO5. The molecule has 0 saturated heterocycles. The number of hydrogen-bond acceptors (Lipinski definition) is 4. The number of likely N-dealkylation sites (N-methyl/N-ethyl adjacent to an activating group) is 1. The minimum absolute atomic E-state index is 0.192. The molecule has 23 heavy (non-hydrogen) atoms. The summed E-state index contributed by atoms with van der Waals surface area (Å²) in [6, 6.07) is 6.16. The van der Waals surface area contributed by atoms with E-state index in [0.29, 0.717) is 6.61 Å². The van der Waals surface area contributed by atoms with Crippen LogP contribution in [-0.4, -0.2) is 47.4 Å². The lowest BCUT2D eigenvalue weighted by Crippen LogP contribution is -2.46. The van der Waals surface area contributed by atoms with Crippen LogP contribution in [0.3, 0.4) is 0 Å². The predicted octanol–water partition coefficient (Wildman–Crippen LogP) is 2.95. The second-order valence-corrected chi connectivity index (χ2v) is 6.23. The van der Waals surface area contributed by atoms with Gasteiger partial charge in [-0.15, -0.1) is 0 Å². The molecular weight excluding hydrogens is 298 g/mol. The summed E-state index contributed by atoms with van der Waals surface area (Å²) in [6.45, 7) is 7.67. The van der Waals surface area contributed by atoms with Crippen LogP contribution in [0.2, 0.25) is 0 Å². The highest BCUT2D eigenvalue weighted by Gasteiger charge is 2.30. The summed E-state index contributed by atoms with van der Waals surface area (Å²) in [5, 5.41) is 9.42. The van der Waals surface area contributed by atoms with Crippen molar-refractivity contribution in [3.63, 3.8) is 0 Å². The number of nitrogens with zero attached hydrogens (tertiary/aromatic N) is 1. The second-order valence-electron chi connectivity index (χ2n) is 6.23. The summed E-state index contributed by atoms with van der Waals surface area (Å²) in [5.41, 5.74) is 0.129. The van der Waals surface area contributed by atoms with Crippen molar-refractivity contribution in [2.24, 2.45) is 0 Å². The Morgan fingerprint density at radius 3 is 2.22 bits per heavy atom. The summed E-state index contributed by atoms with van der Waals surface area (Å²) in [6.07, 6.45) is -0.465. The van der Waals surface area contributed by atoms with E-state index in [-0.39, 0.29) is 6.42 Å². The number of aliphatic carboxylic acids is 1. The van der Waals surface area contributed by atoms with Crippen LogP contribution in [0.25, 0.3) is 0 Å².